The molecule has 0 saturated carbocycles. The van der Waals surface area contributed by atoms with Crippen LogP contribution in [0.2, 0.25) is 0 Å². The van der Waals surface area contributed by atoms with Crippen molar-refractivity contribution in [1.82, 2.24) is 4.72 Å². The van der Waals surface area contributed by atoms with Crippen molar-refractivity contribution in [2.45, 2.75) is 9.79 Å². The van der Waals surface area contributed by atoms with Crippen LogP contribution < -0.4 is 19.5 Å². The van der Waals surface area contributed by atoms with Gasteiger partial charge < -0.3 is 10.1 Å². The first-order chi connectivity index (χ1) is 14.7. The van der Waals surface area contributed by atoms with Crippen molar-refractivity contribution in [2.75, 3.05) is 17.1 Å². The molecule has 0 aromatic heterocycles. The standard InChI is InChI=1S/C20H19N3O6S2/c1-29-16-13-11-15(12-14-16)22-31(27,28)19-10-6-5-9-18(19)21-20(24)23-30(25,26)17-7-3-2-4-8-17/h2-14,22H,1H3,(H2,21,23,24). The van der Waals surface area contributed by atoms with Gasteiger partial charge in [-0.05, 0) is 48.5 Å². The van der Waals surface area contributed by atoms with Gasteiger partial charge in [-0.2, -0.15) is 0 Å². The second-order valence-electron chi connectivity index (χ2n) is 6.20. The summed E-state index contributed by atoms with van der Waals surface area (Å²) in [5, 5.41) is 2.28. The molecule has 9 nitrogen and oxygen atoms in total. The first-order valence-corrected chi connectivity index (χ1v) is 11.8. The van der Waals surface area contributed by atoms with Crippen molar-refractivity contribution in [3.8, 4) is 5.75 Å². The number of methoxy groups -OCH3 is 1. The van der Waals surface area contributed by atoms with E-state index in [4.69, 9.17) is 4.74 Å². The van der Waals surface area contributed by atoms with Crippen LogP contribution in [0.3, 0.4) is 0 Å². The zero-order chi connectivity index (χ0) is 22.5. The van der Waals surface area contributed by atoms with Gasteiger partial charge in [-0.15, -0.1) is 0 Å². The van der Waals surface area contributed by atoms with E-state index < -0.39 is 26.1 Å². The first kappa shape index (κ1) is 22.1. The van der Waals surface area contributed by atoms with Crippen molar-refractivity contribution in [1.29, 1.82) is 0 Å². The number of amides is 2. The van der Waals surface area contributed by atoms with Crippen LogP contribution in [0.15, 0.2) is 88.7 Å². The Labute approximate surface area is 180 Å². The van der Waals surface area contributed by atoms with Crippen LogP contribution >= 0.6 is 0 Å². The maximum absolute atomic E-state index is 12.8. The van der Waals surface area contributed by atoms with Crippen LogP contribution in [0, 0.1) is 0 Å². The third kappa shape index (κ3) is 5.53. The maximum Gasteiger partial charge on any atom is 0.333 e. The molecule has 0 heterocycles. The van der Waals surface area contributed by atoms with Crippen LogP contribution in [-0.4, -0.2) is 30.0 Å². The van der Waals surface area contributed by atoms with E-state index in [1.165, 1.54) is 67.8 Å². The number of carbonyl (C=O) groups is 1. The van der Waals surface area contributed by atoms with E-state index >= 15 is 0 Å². The minimum absolute atomic E-state index is 0.0933. The highest BCUT2D eigenvalue weighted by Gasteiger charge is 2.22. The van der Waals surface area contributed by atoms with Crippen LogP contribution in [-0.2, 0) is 20.0 Å². The predicted molar refractivity (Wildman–Crippen MR) is 116 cm³/mol. The molecule has 11 heteroatoms. The first-order valence-electron chi connectivity index (χ1n) is 8.86. The molecule has 0 spiro atoms. The zero-order valence-electron chi connectivity index (χ0n) is 16.3. The number of sulfonamides is 2. The second kappa shape index (κ2) is 9.06. The molecule has 0 unspecified atom stereocenters. The summed E-state index contributed by atoms with van der Waals surface area (Å²) in [7, 11) is -6.72. The molecule has 162 valence electrons. The number of nitrogens with one attached hydrogen (secondary N) is 3. The third-order valence-corrected chi connectivity index (χ3v) is 6.83. The van der Waals surface area contributed by atoms with E-state index in [1.807, 2.05) is 4.72 Å². The molecule has 0 atom stereocenters. The predicted octanol–water partition coefficient (Wildman–Crippen LogP) is 3.01. The minimum Gasteiger partial charge on any atom is -0.497 e. The lowest BCUT2D eigenvalue weighted by Gasteiger charge is -2.14. The molecule has 3 aromatic rings. The monoisotopic (exact) mass is 461 g/mol. The number of ether oxygens (including phenoxy) is 1. The van der Waals surface area contributed by atoms with Gasteiger partial charge in [0.1, 0.15) is 10.6 Å². The van der Waals surface area contributed by atoms with Gasteiger partial charge in [0.2, 0.25) is 0 Å². The van der Waals surface area contributed by atoms with E-state index in [9.17, 15) is 21.6 Å². The van der Waals surface area contributed by atoms with Gasteiger partial charge in [0.25, 0.3) is 20.0 Å². The third-order valence-electron chi connectivity index (χ3n) is 4.05. The Kier molecular flexibility index (Phi) is 6.47. The Hall–Kier alpha value is -3.57. The van der Waals surface area contributed by atoms with Gasteiger partial charge in [-0.25, -0.2) is 26.4 Å². The lowest BCUT2D eigenvalue weighted by Crippen LogP contribution is -2.34. The molecule has 0 fully saturated rings. The Morgan fingerprint density at radius 3 is 2.03 bits per heavy atom. The van der Waals surface area contributed by atoms with Crippen LogP contribution in [0.5, 0.6) is 5.75 Å². The number of hydrogen-bond donors (Lipinski definition) is 3. The molecule has 3 N–H and O–H groups in total. The quantitative estimate of drug-likeness (QED) is 0.496. The van der Waals surface area contributed by atoms with E-state index in [0.29, 0.717) is 5.75 Å². The van der Waals surface area contributed by atoms with Crippen molar-refractivity contribution < 1.29 is 26.4 Å². The highest BCUT2D eigenvalue weighted by Crippen LogP contribution is 2.24. The van der Waals surface area contributed by atoms with Crippen LogP contribution in [0.4, 0.5) is 16.2 Å². The SMILES string of the molecule is COc1ccc(NS(=O)(=O)c2ccccc2NC(=O)NS(=O)(=O)c2ccccc2)cc1. The molecule has 31 heavy (non-hydrogen) atoms. The van der Waals surface area contributed by atoms with Crippen LogP contribution in [0.1, 0.15) is 0 Å². The number of rotatable bonds is 7. The van der Waals surface area contributed by atoms with E-state index in [1.54, 1.807) is 18.2 Å². The van der Waals surface area contributed by atoms with Crippen molar-refractivity contribution in [3.05, 3.63) is 78.9 Å². The molecule has 0 saturated heterocycles. The Morgan fingerprint density at radius 2 is 1.39 bits per heavy atom. The average Bonchev–Trinajstić information content (AvgIpc) is 2.74. The molecular weight excluding hydrogens is 442 g/mol. The van der Waals surface area contributed by atoms with Gasteiger partial charge in [-0.1, -0.05) is 30.3 Å². The van der Waals surface area contributed by atoms with Crippen molar-refractivity contribution in [3.63, 3.8) is 0 Å². The van der Waals surface area contributed by atoms with E-state index in [0.717, 1.165) is 0 Å². The molecule has 0 radical (unpaired) electrons. The molecular formula is C20H19N3O6S2. The molecule has 0 aliphatic rings. The highest BCUT2D eigenvalue weighted by molar-refractivity contribution is 7.93. The van der Waals surface area contributed by atoms with Crippen molar-refractivity contribution >= 4 is 37.5 Å². The fourth-order valence-corrected chi connectivity index (χ4v) is 4.75. The summed E-state index contributed by atoms with van der Waals surface area (Å²) < 4.78 is 59.5. The van der Waals surface area contributed by atoms with Crippen molar-refractivity contribution in [2.24, 2.45) is 0 Å². The number of urea groups is 1. The molecule has 3 aromatic carbocycles. The topological polar surface area (TPSA) is 131 Å². The summed E-state index contributed by atoms with van der Waals surface area (Å²) in [6, 6.07) is 18.0. The maximum atomic E-state index is 12.8. The average molecular weight is 462 g/mol. The molecule has 0 bridgehead atoms. The van der Waals surface area contributed by atoms with Gasteiger partial charge in [0.05, 0.1) is 17.7 Å². The van der Waals surface area contributed by atoms with Gasteiger partial charge in [0.15, 0.2) is 0 Å². The second-order valence-corrected chi connectivity index (χ2v) is 9.54. The Balaban J connectivity index is 1.80. The highest BCUT2D eigenvalue weighted by atomic mass is 32.2. The van der Waals surface area contributed by atoms with Gasteiger partial charge >= 0.3 is 6.03 Å². The Bertz CT molecular complexity index is 1280. The Morgan fingerprint density at radius 1 is 0.774 bits per heavy atom. The largest absolute Gasteiger partial charge is 0.497 e. The fourth-order valence-electron chi connectivity index (χ4n) is 2.60. The summed E-state index contributed by atoms with van der Waals surface area (Å²) >= 11 is 0. The number of hydrogen-bond acceptors (Lipinski definition) is 6. The number of anilines is 2. The summed E-state index contributed by atoms with van der Waals surface area (Å²) in [5.41, 5.74) is 0.191. The lowest BCUT2D eigenvalue weighted by molar-refractivity contribution is 0.256. The molecule has 0 aliphatic carbocycles. The smallest absolute Gasteiger partial charge is 0.333 e. The number of carbonyl (C=O) groups excluding carboxylic acids is 1. The summed E-state index contributed by atoms with van der Waals surface area (Å²) in [6.45, 7) is 0. The molecule has 2 amide bonds. The summed E-state index contributed by atoms with van der Waals surface area (Å²) in [5.74, 6) is 0.557. The molecule has 0 aliphatic heterocycles. The van der Waals surface area contributed by atoms with Gasteiger partial charge in [-0.3, -0.25) is 4.72 Å². The molecule has 3 rings (SSSR count). The van der Waals surface area contributed by atoms with Crippen LogP contribution in [0.25, 0.3) is 0 Å². The summed E-state index contributed by atoms with van der Waals surface area (Å²) in [6.07, 6.45) is 0. The fraction of sp³-hybridized carbons (Fsp3) is 0.0500. The van der Waals surface area contributed by atoms with E-state index in [-0.39, 0.29) is 21.2 Å². The minimum atomic E-state index is -4.12. The van der Waals surface area contributed by atoms with E-state index in [2.05, 4.69) is 10.0 Å². The number of benzene rings is 3. The van der Waals surface area contributed by atoms with Gasteiger partial charge in [0, 0.05) is 5.69 Å². The number of para-hydroxylation sites is 1. The zero-order valence-corrected chi connectivity index (χ0v) is 17.9. The normalized spacial score (nSPS) is 11.4. The summed E-state index contributed by atoms with van der Waals surface area (Å²) in [4.78, 5) is 11.9. The lowest BCUT2D eigenvalue weighted by atomic mass is 10.3.